The maximum atomic E-state index is 12.8. The predicted molar refractivity (Wildman–Crippen MR) is 96.5 cm³/mol. The van der Waals surface area contributed by atoms with E-state index in [1.165, 1.54) is 17.7 Å². The second kappa shape index (κ2) is 6.43. The first-order chi connectivity index (χ1) is 11.6. The minimum atomic E-state index is 0.220. The summed E-state index contributed by atoms with van der Waals surface area (Å²) >= 11 is 1.61. The molecule has 5 heteroatoms. The molecule has 1 spiro atoms. The maximum absolute atomic E-state index is 12.8. The normalized spacial score (nSPS) is 30.6. The molecule has 2 saturated heterocycles. The second-order valence-electron chi connectivity index (χ2n) is 8.12. The van der Waals surface area contributed by atoms with Gasteiger partial charge in [0.25, 0.3) is 5.91 Å². The van der Waals surface area contributed by atoms with Gasteiger partial charge in [0.05, 0.1) is 11.5 Å². The van der Waals surface area contributed by atoms with Gasteiger partial charge < -0.3 is 14.5 Å². The first kappa shape index (κ1) is 16.6. The van der Waals surface area contributed by atoms with Crippen molar-refractivity contribution in [3.8, 4) is 0 Å². The zero-order valence-corrected chi connectivity index (χ0v) is 15.6. The number of carbonyl (C=O) groups excluding carboxylic acids is 1. The van der Waals surface area contributed by atoms with Crippen LogP contribution in [0.4, 0.5) is 0 Å². The molecule has 4 nitrogen and oxygen atoms in total. The molecule has 1 aliphatic carbocycles. The summed E-state index contributed by atoms with van der Waals surface area (Å²) < 4.78 is 6.03. The summed E-state index contributed by atoms with van der Waals surface area (Å²) in [7, 11) is 2.20. The molecule has 1 aromatic heterocycles. The lowest BCUT2D eigenvalue weighted by Gasteiger charge is -2.30. The lowest BCUT2D eigenvalue weighted by molar-refractivity contribution is 0.0531. The zero-order chi connectivity index (χ0) is 16.7. The Balaban J connectivity index is 1.41. The summed E-state index contributed by atoms with van der Waals surface area (Å²) in [6.45, 7) is 7.84. The number of amides is 1. The van der Waals surface area contributed by atoms with Crippen LogP contribution in [0.3, 0.4) is 0 Å². The van der Waals surface area contributed by atoms with Gasteiger partial charge in [-0.05, 0) is 51.3 Å². The molecular weight excluding hydrogens is 320 g/mol. The minimum Gasteiger partial charge on any atom is -0.381 e. The van der Waals surface area contributed by atoms with E-state index in [4.69, 9.17) is 4.74 Å². The topological polar surface area (TPSA) is 32.8 Å². The first-order valence-electron chi connectivity index (χ1n) is 9.18. The number of aryl methyl sites for hydroxylation is 1. The quantitative estimate of drug-likeness (QED) is 0.820. The summed E-state index contributed by atoms with van der Waals surface area (Å²) in [5.74, 6) is 1.60. The third-order valence-electron chi connectivity index (χ3n) is 5.98. The molecule has 0 bridgehead atoms. The van der Waals surface area contributed by atoms with Crippen molar-refractivity contribution in [3.63, 3.8) is 0 Å². The van der Waals surface area contributed by atoms with E-state index in [-0.39, 0.29) is 11.3 Å². The fourth-order valence-electron chi connectivity index (χ4n) is 4.43. The summed E-state index contributed by atoms with van der Waals surface area (Å²) in [6.07, 6.45) is 3.81. The third-order valence-corrected chi connectivity index (χ3v) is 6.96. The molecular formula is C19H28N2O2S. The Morgan fingerprint density at radius 3 is 2.88 bits per heavy atom. The monoisotopic (exact) mass is 348 g/mol. The van der Waals surface area contributed by atoms with Gasteiger partial charge in [-0.15, -0.1) is 11.3 Å². The number of hydrogen-bond acceptors (Lipinski definition) is 4. The van der Waals surface area contributed by atoms with E-state index in [1.54, 1.807) is 11.3 Å². The van der Waals surface area contributed by atoms with Gasteiger partial charge in [-0.1, -0.05) is 0 Å². The van der Waals surface area contributed by atoms with Crippen LogP contribution in [0.25, 0.3) is 0 Å². The fourth-order valence-corrected chi connectivity index (χ4v) is 5.26. The zero-order valence-electron chi connectivity index (χ0n) is 14.8. The Morgan fingerprint density at radius 2 is 2.17 bits per heavy atom. The van der Waals surface area contributed by atoms with Crippen molar-refractivity contribution >= 4 is 17.2 Å². The number of likely N-dealkylation sites (tertiary alicyclic amines) is 2. The molecule has 0 N–H and O–H groups in total. The largest absolute Gasteiger partial charge is 0.381 e. The highest BCUT2D eigenvalue weighted by molar-refractivity contribution is 7.13. The average Bonchev–Trinajstić information content (AvgIpc) is 2.98. The molecule has 3 fully saturated rings. The Morgan fingerprint density at radius 1 is 1.33 bits per heavy atom. The smallest absolute Gasteiger partial charge is 0.263 e. The third kappa shape index (κ3) is 3.26. The van der Waals surface area contributed by atoms with Crippen molar-refractivity contribution in [2.45, 2.75) is 26.2 Å². The molecule has 4 rings (SSSR count). The van der Waals surface area contributed by atoms with Crippen LogP contribution in [0.15, 0.2) is 12.1 Å². The van der Waals surface area contributed by atoms with Crippen molar-refractivity contribution in [1.29, 1.82) is 0 Å². The first-order valence-corrected chi connectivity index (χ1v) is 9.99. The lowest BCUT2D eigenvalue weighted by atomic mass is 9.77. The number of rotatable bonds is 5. The van der Waals surface area contributed by atoms with Crippen LogP contribution in [-0.2, 0) is 4.74 Å². The minimum absolute atomic E-state index is 0.220. The van der Waals surface area contributed by atoms with Crippen LogP contribution < -0.4 is 0 Å². The number of thiophene rings is 1. The van der Waals surface area contributed by atoms with Gasteiger partial charge in [-0.25, -0.2) is 0 Å². The molecule has 3 heterocycles. The van der Waals surface area contributed by atoms with E-state index in [9.17, 15) is 4.79 Å². The highest BCUT2D eigenvalue weighted by atomic mass is 32.1. The number of ether oxygens (including phenoxy) is 1. The van der Waals surface area contributed by atoms with Gasteiger partial charge in [0.1, 0.15) is 0 Å². The van der Waals surface area contributed by atoms with Crippen molar-refractivity contribution in [2.24, 2.45) is 17.3 Å². The highest BCUT2D eigenvalue weighted by Crippen LogP contribution is 2.44. The SMILES string of the molecule is Cc1ccc(C(=O)N2CC[C@]3(CN(C)C[C@@H]3COCC3CC3)C2)s1. The standard InChI is InChI=1S/C19H28N2O2S/c1-14-3-6-17(24-14)18(22)21-8-7-19(13-21)12-20(2)9-16(19)11-23-10-15-4-5-15/h3,6,15-16H,4-5,7-13H2,1-2H3/t16-,19+/m1/s1. The summed E-state index contributed by atoms with van der Waals surface area (Å²) in [5, 5.41) is 0. The van der Waals surface area contributed by atoms with Gasteiger partial charge in [0, 0.05) is 49.0 Å². The van der Waals surface area contributed by atoms with Crippen molar-refractivity contribution in [1.82, 2.24) is 9.80 Å². The van der Waals surface area contributed by atoms with Crippen LogP contribution in [0.5, 0.6) is 0 Å². The Labute approximate surface area is 148 Å². The van der Waals surface area contributed by atoms with Crippen LogP contribution >= 0.6 is 11.3 Å². The van der Waals surface area contributed by atoms with E-state index in [1.807, 2.05) is 12.1 Å². The van der Waals surface area contributed by atoms with Crippen LogP contribution in [0, 0.1) is 24.2 Å². The van der Waals surface area contributed by atoms with Crippen LogP contribution in [0.1, 0.15) is 33.8 Å². The van der Waals surface area contributed by atoms with Gasteiger partial charge in [-0.3, -0.25) is 4.79 Å². The van der Waals surface area contributed by atoms with Crippen molar-refractivity contribution in [3.05, 3.63) is 21.9 Å². The lowest BCUT2D eigenvalue weighted by Crippen LogP contribution is -2.38. The van der Waals surface area contributed by atoms with Crippen molar-refractivity contribution in [2.75, 3.05) is 46.4 Å². The van der Waals surface area contributed by atoms with Gasteiger partial charge in [-0.2, -0.15) is 0 Å². The Bertz CT molecular complexity index is 612. The molecule has 1 amide bonds. The predicted octanol–water partition coefficient (Wildman–Crippen LogP) is 2.88. The molecule has 1 aromatic rings. The van der Waals surface area contributed by atoms with Crippen LogP contribution in [0.2, 0.25) is 0 Å². The fraction of sp³-hybridized carbons (Fsp3) is 0.737. The van der Waals surface area contributed by atoms with Crippen LogP contribution in [-0.4, -0.2) is 62.1 Å². The number of hydrogen-bond donors (Lipinski definition) is 0. The van der Waals surface area contributed by atoms with Gasteiger partial charge in [0.2, 0.25) is 0 Å². The second-order valence-corrected chi connectivity index (χ2v) is 9.41. The molecule has 2 atom stereocenters. The van der Waals surface area contributed by atoms with E-state index in [0.29, 0.717) is 5.92 Å². The molecule has 0 unspecified atom stereocenters. The Hall–Kier alpha value is -0.910. The molecule has 0 radical (unpaired) electrons. The van der Waals surface area contributed by atoms with E-state index in [2.05, 4.69) is 23.8 Å². The molecule has 132 valence electrons. The number of carbonyl (C=O) groups is 1. The maximum Gasteiger partial charge on any atom is 0.263 e. The average molecular weight is 349 g/mol. The number of nitrogens with zero attached hydrogens (tertiary/aromatic N) is 2. The molecule has 1 saturated carbocycles. The molecule has 24 heavy (non-hydrogen) atoms. The van der Waals surface area contributed by atoms with E-state index in [0.717, 1.165) is 56.6 Å². The highest BCUT2D eigenvalue weighted by Gasteiger charge is 2.50. The molecule has 2 aliphatic heterocycles. The molecule has 3 aliphatic rings. The molecule has 0 aromatic carbocycles. The Kier molecular flexibility index (Phi) is 4.43. The van der Waals surface area contributed by atoms with Crippen molar-refractivity contribution < 1.29 is 9.53 Å². The van der Waals surface area contributed by atoms with E-state index < -0.39 is 0 Å². The van der Waals surface area contributed by atoms with Gasteiger partial charge >= 0.3 is 0 Å². The summed E-state index contributed by atoms with van der Waals surface area (Å²) in [5.41, 5.74) is 0.236. The van der Waals surface area contributed by atoms with E-state index >= 15 is 0 Å². The van der Waals surface area contributed by atoms with Gasteiger partial charge in [0.15, 0.2) is 0 Å². The summed E-state index contributed by atoms with van der Waals surface area (Å²) in [6, 6.07) is 4.02. The summed E-state index contributed by atoms with van der Waals surface area (Å²) in [4.78, 5) is 19.4.